The highest BCUT2D eigenvalue weighted by molar-refractivity contribution is 7.99. The monoisotopic (exact) mass is 281 g/mol. The van der Waals surface area contributed by atoms with Crippen molar-refractivity contribution in [1.29, 1.82) is 5.26 Å². The molecule has 1 aromatic rings. The number of carbonyl (C=O) groups excluding carboxylic acids is 1. The fraction of sp³-hybridized carbons (Fsp3) is 0.429. The van der Waals surface area contributed by atoms with Crippen LogP contribution in [0.4, 0.5) is 4.39 Å². The summed E-state index contributed by atoms with van der Waals surface area (Å²) in [5.74, 6) is -0.196. The first-order valence-electron chi connectivity index (χ1n) is 5.80. The number of hydrogen-bond donors (Lipinski definition) is 0. The van der Waals surface area contributed by atoms with E-state index in [2.05, 4.69) is 0 Å². The summed E-state index contributed by atoms with van der Waals surface area (Å²) in [6, 6.07) is 6.15. The molecule has 0 aromatic heterocycles. The quantitative estimate of drug-likeness (QED) is 0.795. The maximum Gasteiger partial charge on any atom is 0.316 e. The van der Waals surface area contributed by atoms with E-state index in [0.29, 0.717) is 16.9 Å². The van der Waals surface area contributed by atoms with Crippen molar-refractivity contribution in [3.63, 3.8) is 0 Å². The molecule has 0 aliphatic heterocycles. The molecule has 0 bridgehead atoms. The Hall–Kier alpha value is -1.54. The van der Waals surface area contributed by atoms with Gasteiger partial charge < -0.3 is 4.74 Å². The van der Waals surface area contributed by atoms with Gasteiger partial charge in [0.25, 0.3) is 0 Å². The predicted molar refractivity (Wildman–Crippen MR) is 73.1 cm³/mol. The van der Waals surface area contributed by atoms with Crippen molar-refractivity contribution in [2.75, 3.05) is 5.75 Å². The number of nitrogens with zero attached hydrogens (tertiary/aromatic N) is 1. The number of carbonyl (C=O) groups is 1. The lowest BCUT2D eigenvalue weighted by molar-refractivity contribution is -0.151. The zero-order valence-electron chi connectivity index (χ0n) is 11.2. The van der Waals surface area contributed by atoms with E-state index in [1.54, 1.807) is 20.8 Å². The minimum Gasteiger partial charge on any atom is -0.459 e. The summed E-state index contributed by atoms with van der Waals surface area (Å²) >= 11 is 1.26. The van der Waals surface area contributed by atoms with E-state index < -0.39 is 5.60 Å². The lowest BCUT2D eigenvalue weighted by Gasteiger charge is -2.19. The van der Waals surface area contributed by atoms with Crippen LogP contribution in [0.25, 0.3) is 0 Å². The molecule has 0 saturated carbocycles. The number of nitriles is 1. The Bertz CT molecular complexity index is 503. The number of benzene rings is 1. The number of ether oxygens (including phenoxy) is 1. The highest BCUT2D eigenvalue weighted by Crippen LogP contribution is 2.18. The molecule has 0 radical (unpaired) electrons. The molecule has 0 saturated heterocycles. The minimum atomic E-state index is -0.510. The molecule has 0 spiro atoms. The van der Waals surface area contributed by atoms with Crippen LogP contribution in [0.1, 0.15) is 31.9 Å². The maximum absolute atomic E-state index is 13.5. The van der Waals surface area contributed by atoms with Gasteiger partial charge in [-0.3, -0.25) is 4.79 Å². The maximum atomic E-state index is 13.5. The van der Waals surface area contributed by atoms with Crippen molar-refractivity contribution in [1.82, 2.24) is 0 Å². The van der Waals surface area contributed by atoms with Gasteiger partial charge in [0.1, 0.15) is 11.4 Å². The van der Waals surface area contributed by atoms with Gasteiger partial charge in [-0.05, 0) is 44.5 Å². The molecule has 0 unspecified atom stereocenters. The lowest BCUT2D eigenvalue weighted by atomic mass is 10.1. The van der Waals surface area contributed by atoms with Crippen LogP contribution < -0.4 is 0 Å². The summed E-state index contributed by atoms with van der Waals surface area (Å²) in [6.07, 6.45) is 0. The molecule has 5 heteroatoms. The molecule has 0 heterocycles. The lowest BCUT2D eigenvalue weighted by Crippen LogP contribution is -2.24. The van der Waals surface area contributed by atoms with Crippen LogP contribution in [0.2, 0.25) is 0 Å². The molecular formula is C14H16FNO2S. The van der Waals surface area contributed by atoms with Gasteiger partial charge in [0, 0.05) is 5.75 Å². The zero-order chi connectivity index (χ0) is 14.5. The van der Waals surface area contributed by atoms with Gasteiger partial charge in [0.15, 0.2) is 0 Å². The highest BCUT2D eigenvalue weighted by atomic mass is 32.2. The molecule has 3 nitrogen and oxygen atoms in total. The van der Waals surface area contributed by atoms with Gasteiger partial charge in [-0.25, -0.2) is 4.39 Å². The Morgan fingerprint density at radius 3 is 2.74 bits per heavy atom. The predicted octanol–water partition coefficient (Wildman–Crippen LogP) is 3.27. The second-order valence-electron chi connectivity index (χ2n) is 5.00. The molecule has 0 fully saturated rings. The fourth-order valence-corrected chi connectivity index (χ4v) is 2.14. The van der Waals surface area contributed by atoms with Gasteiger partial charge >= 0.3 is 5.97 Å². The van der Waals surface area contributed by atoms with Gasteiger partial charge in [-0.15, -0.1) is 11.8 Å². The smallest absolute Gasteiger partial charge is 0.316 e. The van der Waals surface area contributed by atoms with Gasteiger partial charge in [0.05, 0.1) is 17.4 Å². The number of rotatable bonds is 4. The van der Waals surface area contributed by atoms with Crippen LogP contribution in [0.3, 0.4) is 0 Å². The van der Waals surface area contributed by atoms with E-state index in [9.17, 15) is 9.18 Å². The Morgan fingerprint density at radius 1 is 1.47 bits per heavy atom. The second kappa shape index (κ2) is 6.58. The van der Waals surface area contributed by atoms with Crippen molar-refractivity contribution in [3.05, 3.63) is 35.1 Å². The molecule has 0 amide bonds. The number of thioether (sulfide) groups is 1. The molecular weight excluding hydrogens is 265 g/mol. The van der Waals surface area contributed by atoms with Crippen molar-refractivity contribution in [2.45, 2.75) is 32.1 Å². The van der Waals surface area contributed by atoms with Crippen molar-refractivity contribution in [2.24, 2.45) is 0 Å². The van der Waals surface area contributed by atoms with Crippen LogP contribution in [-0.2, 0) is 15.3 Å². The SMILES string of the molecule is CC(C)(C)OC(=O)CSCc1cc(C#N)ccc1F. The van der Waals surface area contributed by atoms with Gasteiger partial charge in [-0.1, -0.05) is 0 Å². The van der Waals surface area contributed by atoms with Crippen LogP contribution in [-0.4, -0.2) is 17.3 Å². The first-order valence-corrected chi connectivity index (χ1v) is 6.95. The van der Waals surface area contributed by atoms with Gasteiger partial charge in [-0.2, -0.15) is 5.26 Å². The van der Waals surface area contributed by atoms with Crippen molar-refractivity contribution in [3.8, 4) is 6.07 Å². The van der Waals surface area contributed by atoms with E-state index >= 15 is 0 Å². The highest BCUT2D eigenvalue weighted by Gasteiger charge is 2.16. The summed E-state index contributed by atoms with van der Waals surface area (Å²) in [5, 5.41) is 8.74. The topological polar surface area (TPSA) is 50.1 Å². The molecule has 0 N–H and O–H groups in total. The molecule has 0 aliphatic rings. The average Bonchev–Trinajstić information content (AvgIpc) is 2.29. The number of esters is 1. The standard InChI is InChI=1S/C14H16FNO2S/c1-14(2,3)18-13(17)9-19-8-11-6-10(7-16)4-5-12(11)15/h4-6H,8-9H2,1-3H3. The summed E-state index contributed by atoms with van der Waals surface area (Å²) in [5.41, 5.74) is 0.325. The first-order chi connectivity index (χ1) is 8.81. The number of halogens is 1. The average molecular weight is 281 g/mol. The Balaban J connectivity index is 2.50. The van der Waals surface area contributed by atoms with Crippen LogP contribution >= 0.6 is 11.8 Å². The third-order valence-corrected chi connectivity index (χ3v) is 3.03. The Labute approximate surface area is 116 Å². The molecule has 1 rings (SSSR count). The molecule has 1 aromatic carbocycles. The molecule has 19 heavy (non-hydrogen) atoms. The van der Waals surface area contributed by atoms with Crippen LogP contribution in [0.15, 0.2) is 18.2 Å². The molecule has 0 atom stereocenters. The van der Waals surface area contributed by atoms with E-state index in [1.165, 1.54) is 30.0 Å². The molecule has 0 aliphatic carbocycles. The third kappa shape index (κ3) is 5.75. The Morgan fingerprint density at radius 2 is 2.16 bits per heavy atom. The normalized spacial score (nSPS) is 10.9. The van der Waals surface area contributed by atoms with Crippen molar-refractivity contribution >= 4 is 17.7 Å². The second-order valence-corrected chi connectivity index (χ2v) is 5.98. The fourth-order valence-electron chi connectivity index (χ4n) is 1.37. The summed E-state index contributed by atoms with van der Waals surface area (Å²) < 4.78 is 18.6. The van der Waals surface area contributed by atoms with Crippen LogP contribution in [0, 0.1) is 17.1 Å². The van der Waals surface area contributed by atoms with E-state index in [1.807, 2.05) is 6.07 Å². The van der Waals surface area contributed by atoms with Gasteiger partial charge in [0.2, 0.25) is 0 Å². The summed E-state index contributed by atoms with van der Waals surface area (Å²) in [7, 11) is 0. The largest absolute Gasteiger partial charge is 0.459 e. The van der Waals surface area contributed by atoms with E-state index in [4.69, 9.17) is 10.00 Å². The first kappa shape index (κ1) is 15.5. The van der Waals surface area contributed by atoms with Crippen LogP contribution in [0.5, 0.6) is 0 Å². The minimum absolute atomic E-state index is 0.160. The van der Waals surface area contributed by atoms with E-state index in [0.717, 1.165) is 0 Å². The molecule has 102 valence electrons. The number of hydrogen-bond acceptors (Lipinski definition) is 4. The van der Waals surface area contributed by atoms with E-state index in [-0.39, 0.29) is 17.5 Å². The summed E-state index contributed by atoms with van der Waals surface area (Å²) in [4.78, 5) is 11.5. The third-order valence-electron chi connectivity index (χ3n) is 2.07. The zero-order valence-corrected chi connectivity index (χ0v) is 12.0. The van der Waals surface area contributed by atoms with Crippen molar-refractivity contribution < 1.29 is 13.9 Å². The summed E-state index contributed by atoms with van der Waals surface area (Å²) in [6.45, 7) is 5.39. The Kier molecular flexibility index (Phi) is 5.37.